The Morgan fingerprint density at radius 1 is 1.24 bits per heavy atom. The smallest absolute Gasteiger partial charge is 0.231 e. The highest BCUT2D eigenvalue weighted by Crippen LogP contribution is 2.41. The molecule has 4 heteroatoms. The number of benzene rings is 1. The number of likely N-dealkylation sites (tertiary alicyclic amines) is 1. The Bertz CT molecular complexity index is 888. The molecule has 0 radical (unpaired) electrons. The number of hydrogen-bond donors (Lipinski definition) is 1. The van der Waals surface area contributed by atoms with Gasteiger partial charge in [-0.1, -0.05) is 18.2 Å². The van der Waals surface area contributed by atoms with Crippen LogP contribution in [0, 0.1) is 5.92 Å². The first-order chi connectivity index (χ1) is 12.0. The summed E-state index contributed by atoms with van der Waals surface area (Å²) in [5.74, 6) is 0.272. The van der Waals surface area contributed by atoms with Crippen LogP contribution < -0.4 is 0 Å². The van der Waals surface area contributed by atoms with E-state index in [1.54, 1.807) is 0 Å². The number of hydrogen-bond acceptors (Lipinski definition) is 2. The van der Waals surface area contributed by atoms with Gasteiger partial charge in [0.1, 0.15) is 0 Å². The van der Waals surface area contributed by atoms with E-state index < -0.39 is 0 Å². The van der Waals surface area contributed by atoms with E-state index in [0.717, 1.165) is 19.4 Å². The molecule has 130 valence electrons. The van der Waals surface area contributed by atoms with E-state index in [-0.39, 0.29) is 5.92 Å². The highest BCUT2D eigenvalue weighted by atomic mass is 16.2. The lowest BCUT2D eigenvalue weighted by Gasteiger charge is -2.48. The summed E-state index contributed by atoms with van der Waals surface area (Å²) >= 11 is 0. The minimum absolute atomic E-state index is 0.0304. The normalized spacial score (nSPS) is 31.5. The number of fused-ring (bicyclic) bond motifs is 2. The molecule has 4 nitrogen and oxygen atoms in total. The summed E-state index contributed by atoms with van der Waals surface area (Å²) in [6, 6.07) is 7.62. The number of aromatic amines is 1. The molecule has 2 aromatic rings. The fourth-order valence-electron chi connectivity index (χ4n) is 5.25. The van der Waals surface area contributed by atoms with E-state index in [4.69, 9.17) is 0 Å². The second-order valence-electron chi connectivity index (χ2n) is 8.11. The summed E-state index contributed by atoms with van der Waals surface area (Å²) < 4.78 is 0. The number of rotatable bonds is 1. The number of aromatic nitrogens is 1. The number of nitrogens with one attached hydrogen (secondary N) is 1. The minimum atomic E-state index is -0.0304. The number of amides is 1. The second-order valence-corrected chi connectivity index (χ2v) is 8.11. The third-order valence-corrected chi connectivity index (χ3v) is 6.47. The molecule has 0 unspecified atom stereocenters. The largest absolute Gasteiger partial charge is 0.361 e. The maximum atomic E-state index is 13.1. The molecule has 0 spiro atoms. The maximum absolute atomic E-state index is 13.1. The lowest BCUT2D eigenvalue weighted by atomic mass is 9.79. The van der Waals surface area contributed by atoms with Crippen molar-refractivity contribution >= 4 is 22.4 Å². The van der Waals surface area contributed by atoms with Crippen molar-refractivity contribution in [3.63, 3.8) is 0 Å². The molecular formula is C21H25N3O. The molecular weight excluding hydrogens is 310 g/mol. The Kier molecular flexibility index (Phi) is 3.17. The van der Waals surface area contributed by atoms with Gasteiger partial charge in [0, 0.05) is 41.8 Å². The lowest BCUT2D eigenvalue weighted by Crippen LogP contribution is -2.59. The summed E-state index contributed by atoms with van der Waals surface area (Å²) in [5.41, 5.74) is 5.24. The van der Waals surface area contributed by atoms with Crippen molar-refractivity contribution in [2.24, 2.45) is 5.92 Å². The SMILES string of the molecule is C[C@@H]1C[C@@H](C)N1C(=O)[C@@H]1C=C2c3cccc4[nH]cc(c34)C[C@H]2N(C)C1. The zero-order valence-corrected chi connectivity index (χ0v) is 15.1. The summed E-state index contributed by atoms with van der Waals surface area (Å²) in [7, 11) is 2.17. The van der Waals surface area contributed by atoms with Crippen molar-refractivity contribution in [2.45, 2.75) is 44.8 Å². The molecule has 1 aromatic heterocycles. The first-order valence-corrected chi connectivity index (χ1v) is 9.38. The van der Waals surface area contributed by atoms with Crippen LogP contribution in [0.1, 0.15) is 31.4 Å². The zero-order chi connectivity index (χ0) is 17.3. The molecule has 1 N–H and O–H groups in total. The quantitative estimate of drug-likeness (QED) is 0.870. The predicted molar refractivity (Wildman–Crippen MR) is 100 cm³/mol. The van der Waals surface area contributed by atoms with Crippen LogP contribution in [0.3, 0.4) is 0 Å². The van der Waals surface area contributed by atoms with Crippen molar-refractivity contribution in [3.05, 3.63) is 41.6 Å². The number of carbonyl (C=O) groups is 1. The number of nitrogens with zero attached hydrogens (tertiary/aromatic N) is 2. The molecule has 1 aliphatic carbocycles. The number of H-pyrrole nitrogens is 1. The fraction of sp³-hybridized carbons (Fsp3) is 0.476. The molecule has 3 heterocycles. The Morgan fingerprint density at radius 3 is 2.80 bits per heavy atom. The van der Waals surface area contributed by atoms with Gasteiger partial charge in [0.05, 0.1) is 5.92 Å². The van der Waals surface area contributed by atoms with E-state index in [1.807, 2.05) is 0 Å². The van der Waals surface area contributed by atoms with Gasteiger partial charge in [-0.15, -0.1) is 0 Å². The van der Waals surface area contributed by atoms with Gasteiger partial charge in [-0.05, 0) is 56.5 Å². The van der Waals surface area contributed by atoms with Gasteiger partial charge in [0.25, 0.3) is 0 Å². The Morgan fingerprint density at radius 2 is 2.04 bits per heavy atom. The molecule has 1 aromatic carbocycles. The molecule has 25 heavy (non-hydrogen) atoms. The standard InChI is InChI=1S/C21H25N3O/c1-12-7-13(2)24(12)21(25)15-8-17-16-5-4-6-18-20(16)14(10-22-18)9-19(17)23(3)11-15/h4-6,8,10,12-13,15,19,22H,7,9,11H2,1-3H3/t12-,13-,15-,19-/m1/s1. The van der Waals surface area contributed by atoms with E-state index in [0.29, 0.717) is 24.0 Å². The first-order valence-electron chi connectivity index (χ1n) is 9.38. The van der Waals surface area contributed by atoms with Crippen LogP contribution in [0.5, 0.6) is 0 Å². The fourth-order valence-corrected chi connectivity index (χ4v) is 5.25. The molecule has 5 rings (SSSR count). The number of likely N-dealkylation sites (N-methyl/N-ethyl adjacent to an activating group) is 1. The van der Waals surface area contributed by atoms with Gasteiger partial charge in [-0.25, -0.2) is 0 Å². The molecule has 2 aliphatic heterocycles. The highest BCUT2D eigenvalue weighted by Gasteiger charge is 2.41. The molecule has 1 saturated heterocycles. The van der Waals surface area contributed by atoms with E-state index in [9.17, 15) is 4.79 Å². The summed E-state index contributed by atoms with van der Waals surface area (Å²) in [6.45, 7) is 5.14. The van der Waals surface area contributed by atoms with Gasteiger partial charge in [0.15, 0.2) is 0 Å². The Balaban J connectivity index is 1.58. The second kappa shape index (κ2) is 5.21. The average molecular weight is 335 g/mol. The van der Waals surface area contributed by atoms with Gasteiger partial charge in [0.2, 0.25) is 5.91 Å². The van der Waals surface area contributed by atoms with Gasteiger partial charge in [-0.2, -0.15) is 0 Å². The van der Waals surface area contributed by atoms with E-state index in [1.165, 1.54) is 27.6 Å². The Hall–Kier alpha value is -2.07. The molecule has 4 atom stereocenters. The minimum Gasteiger partial charge on any atom is -0.361 e. The highest BCUT2D eigenvalue weighted by molar-refractivity contribution is 5.99. The molecule has 0 bridgehead atoms. The van der Waals surface area contributed by atoms with Crippen molar-refractivity contribution < 1.29 is 4.79 Å². The molecule has 1 amide bonds. The van der Waals surface area contributed by atoms with Crippen LogP contribution in [0.4, 0.5) is 0 Å². The van der Waals surface area contributed by atoms with Crippen molar-refractivity contribution in [2.75, 3.05) is 13.6 Å². The van der Waals surface area contributed by atoms with Crippen LogP contribution in [0.15, 0.2) is 30.5 Å². The first kappa shape index (κ1) is 15.2. The zero-order valence-electron chi connectivity index (χ0n) is 15.1. The average Bonchev–Trinajstić information content (AvgIpc) is 3.00. The Labute approximate surface area is 148 Å². The monoisotopic (exact) mass is 335 g/mol. The predicted octanol–water partition coefficient (Wildman–Crippen LogP) is 3.05. The van der Waals surface area contributed by atoms with Crippen LogP contribution >= 0.6 is 0 Å². The lowest BCUT2D eigenvalue weighted by molar-refractivity contribution is -0.146. The van der Waals surface area contributed by atoms with Crippen LogP contribution in [0.2, 0.25) is 0 Å². The summed E-state index contributed by atoms with van der Waals surface area (Å²) in [6.07, 6.45) is 6.57. The van der Waals surface area contributed by atoms with Gasteiger partial charge >= 0.3 is 0 Å². The van der Waals surface area contributed by atoms with Crippen LogP contribution in [-0.2, 0) is 11.2 Å². The third-order valence-electron chi connectivity index (χ3n) is 6.47. The molecule has 3 aliphatic rings. The van der Waals surface area contributed by atoms with Crippen molar-refractivity contribution in [1.29, 1.82) is 0 Å². The van der Waals surface area contributed by atoms with Gasteiger partial charge < -0.3 is 9.88 Å². The van der Waals surface area contributed by atoms with Crippen molar-refractivity contribution in [1.82, 2.24) is 14.8 Å². The topological polar surface area (TPSA) is 39.3 Å². The third kappa shape index (κ3) is 2.07. The summed E-state index contributed by atoms with van der Waals surface area (Å²) in [5, 5.41) is 1.34. The van der Waals surface area contributed by atoms with Crippen LogP contribution in [0.25, 0.3) is 16.5 Å². The molecule has 1 fully saturated rings. The van der Waals surface area contributed by atoms with Crippen molar-refractivity contribution in [3.8, 4) is 0 Å². The maximum Gasteiger partial charge on any atom is 0.231 e. The van der Waals surface area contributed by atoms with E-state index in [2.05, 4.69) is 66.2 Å². The van der Waals surface area contributed by atoms with Crippen LogP contribution in [-0.4, -0.2) is 52.4 Å². The van der Waals surface area contributed by atoms with E-state index >= 15 is 0 Å². The molecule has 0 saturated carbocycles. The number of carbonyl (C=O) groups excluding carboxylic acids is 1. The van der Waals surface area contributed by atoms with Gasteiger partial charge in [-0.3, -0.25) is 9.69 Å². The summed E-state index contributed by atoms with van der Waals surface area (Å²) in [4.78, 5) is 21.0.